The highest BCUT2D eigenvalue weighted by Crippen LogP contribution is 2.18. The van der Waals surface area contributed by atoms with Crippen LogP contribution >= 0.6 is 0 Å². The van der Waals surface area contributed by atoms with Crippen molar-refractivity contribution < 1.29 is 0 Å². The van der Waals surface area contributed by atoms with Crippen LogP contribution in [0.1, 0.15) is 5.69 Å². The predicted molar refractivity (Wildman–Crippen MR) is 84.2 cm³/mol. The van der Waals surface area contributed by atoms with Crippen LogP contribution in [0.3, 0.4) is 0 Å². The Kier molecular flexibility index (Phi) is 3.24. The van der Waals surface area contributed by atoms with E-state index in [0.29, 0.717) is 5.69 Å². The maximum Gasteiger partial charge on any atom is 0.177 e. The highest BCUT2D eigenvalue weighted by Gasteiger charge is 2.19. The summed E-state index contributed by atoms with van der Waals surface area (Å²) in [6, 6.07) is 9.64. The van der Waals surface area contributed by atoms with Gasteiger partial charge < -0.3 is 9.80 Å². The first-order chi connectivity index (χ1) is 11.3. The first-order valence-corrected chi connectivity index (χ1v) is 7.36. The average molecular weight is 306 g/mol. The summed E-state index contributed by atoms with van der Waals surface area (Å²) in [5.74, 6) is 0.926. The van der Waals surface area contributed by atoms with Gasteiger partial charge in [-0.2, -0.15) is 9.78 Å². The lowest BCUT2D eigenvalue weighted by Gasteiger charge is -2.36. The second kappa shape index (κ2) is 5.53. The lowest BCUT2D eigenvalue weighted by Crippen LogP contribution is -2.47. The van der Waals surface area contributed by atoms with Gasteiger partial charge in [-0.3, -0.25) is 0 Å². The van der Waals surface area contributed by atoms with Gasteiger partial charge in [-0.05, 0) is 24.3 Å². The molecule has 1 aliphatic heterocycles. The largest absolute Gasteiger partial charge is 0.367 e. The zero-order valence-corrected chi connectivity index (χ0v) is 12.4. The van der Waals surface area contributed by atoms with E-state index in [4.69, 9.17) is 5.26 Å². The molecule has 0 N–H and O–H groups in total. The van der Waals surface area contributed by atoms with Crippen molar-refractivity contribution >= 4 is 17.2 Å². The number of nitriles is 1. The van der Waals surface area contributed by atoms with Crippen LogP contribution in [0.25, 0.3) is 5.65 Å². The van der Waals surface area contributed by atoms with E-state index < -0.39 is 0 Å². The number of pyridine rings is 1. The molecule has 0 atom stereocenters. The van der Waals surface area contributed by atoms with Crippen LogP contribution in [0, 0.1) is 11.3 Å². The number of anilines is 2. The molecule has 3 aromatic rings. The van der Waals surface area contributed by atoms with Gasteiger partial charge in [-0.15, -0.1) is 15.3 Å². The molecule has 114 valence electrons. The second-order valence-electron chi connectivity index (χ2n) is 5.31. The Morgan fingerprint density at radius 1 is 1.00 bits per heavy atom. The van der Waals surface area contributed by atoms with Gasteiger partial charge >= 0.3 is 0 Å². The van der Waals surface area contributed by atoms with Gasteiger partial charge in [-0.1, -0.05) is 0 Å². The summed E-state index contributed by atoms with van der Waals surface area (Å²) >= 11 is 0. The molecule has 0 unspecified atom stereocenters. The number of fused-ring (bicyclic) bond motifs is 1. The Bertz CT molecular complexity index is 855. The van der Waals surface area contributed by atoms with Crippen molar-refractivity contribution in [3.05, 3.63) is 42.5 Å². The lowest BCUT2D eigenvalue weighted by atomic mass is 10.2. The van der Waals surface area contributed by atoms with E-state index >= 15 is 0 Å². The third-order valence-electron chi connectivity index (χ3n) is 3.98. The SMILES string of the molecule is N#Cc1ccc(N2CCN(c3ccc4nncn4n3)CC2)cn1. The fourth-order valence-electron chi connectivity index (χ4n) is 2.72. The zero-order chi connectivity index (χ0) is 15.6. The van der Waals surface area contributed by atoms with Crippen LogP contribution in [0.4, 0.5) is 11.5 Å². The topological polar surface area (TPSA) is 86.2 Å². The number of hydrogen-bond donors (Lipinski definition) is 0. The van der Waals surface area contributed by atoms with Crippen molar-refractivity contribution in [1.82, 2.24) is 24.8 Å². The van der Waals surface area contributed by atoms with E-state index in [1.54, 1.807) is 23.1 Å². The monoisotopic (exact) mass is 306 g/mol. The van der Waals surface area contributed by atoms with Gasteiger partial charge in [-0.25, -0.2) is 4.98 Å². The summed E-state index contributed by atoms with van der Waals surface area (Å²) in [4.78, 5) is 8.64. The van der Waals surface area contributed by atoms with E-state index in [-0.39, 0.29) is 0 Å². The minimum absolute atomic E-state index is 0.443. The van der Waals surface area contributed by atoms with Gasteiger partial charge in [0.2, 0.25) is 0 Å². The summed E-state index contributed by atoms with van der Waals surface area (Å²) in [7, 11) is 0. The average Bonchev–Trinajstić information content (AvgIpc) is 3.10. The fourth-order valence-corrected chi connectivity index (χ4v) is 2.72. The number of nitrogens with zero attached hydrogens (tertiary/aromatic N) is 8. The van der Waals surface area contributed by atoms with Crippen LogP contribution in [-0.4, -0.2) is 51.0 Å². The number of rotatable bonds is 2. The third-order valence-corrected chi connectivity index (χ3v) is 3.98. The van der Waals surface area contributed by atoms with Crippen molar-refractivity contribution in [2.45, 2.75) is 0 Å². The molecule has 0 amide bonds. The second-order valence-corrected chi connectivity index (χ2v) is 5.31. The molecule has 0 spiro atoms. The van der Waals surface area contributed by atoms with Crippen molar-refractivity contribution in [2.75, 3.05) is 36.0 Å². The molecule has 4 rings (SSSR count). The molecule has 0 bridgehead atoms. The molecule has 8 nitrogen and oxygen atoms in total. The quantitative estimate of drug-likeness (QED) is 0.689. The first-order valence-electron chi connectivity index (χ1n) is 7.36. The molecule has 0 aromatic carbocycles. The molecule has 4 heterocycles. The van der Waals surface area contributed by atoms with Gasteiger partial charge in [0.15, 0.2) is 5.65 Å². The molecule has 0 saturated carbocycles. The first kappa shape index (κ1) is 13.5. The van der Waals surface area contributed by atoms with Crippen molar-refractivity contribution in [3.8, 4) is 6.07 Å². The molecule has 0 radical (unpaired) electrons. The van der Waals surface area contributed by atoms with E-state index in [2.05, 4.69) is 30.1 Å². The molecule has 23 heavy (non-hydrogen) atoms. The molecule has 0 aliphatic carbocycles. The minimum atomic E-state index is 0.443. The summed E-state index contributed by atoms with van der Waals surface area (Å²) < 4.78 is 1.69. The molecule has 1 aliphatic rings. The summed E-state index contributed by atoms with van der Waals surface area (Å²) in [6.07, 6.45) is 3.37. The summed E-state index contributed by atoms with van der Waals surface area (Å²) in [5, 5.41) is 21.2. The van der Waals surface area contributed by atoms with Crippen LogP contribution in [-0.2, 0) is 0 Å². The molecular formula is C15H14N8. The normalized spacial score (nSPS) is 14.9. The number of piperazine rings is 1. The van der Waals surface area contributed by atoms with Crippen molar-refractivity contribution in [1.29, 1.82) is 5.26 Å². The molecular weight excluding hydrogens is 292 g/mol. The Morgan fingerprint density at radius 2 is 1.83 bits per heavy atom. The summed E-state index contributed by atoms with van der Waals surface area (Å²) in [5.41, 5.74) is 2.24. The van der Waals surface area contributed by atoms with Gasteiger partial charge in [0, 0.05) is 26.2 Å². The smallest absolute Gasteiger partial charge is 0.177 e. The van der Waals surface area contributed by atoms with Crippen LogP contribution in [0.2, 0.25) is 0 Å². The van der Waals surface area contributed by atoms with E-state index in [1.807, 2.05) is 24.3 Å². The minimum Gasteiger partial charge on any atom is -0.367 e. The maximum absolute atomic E-state index is 8.81. The Hall–Kier alpha value is -3.21. The van der Waals surface area contributed by atoms with E-state index in [1.165, 1.54) is 0 Å². The van der Waals surface area contributed by atoms with Crippen LogP contribution in [0.15, 0.2) is 36.8 Å². The number of hydrogen-bond acceptors (Lipinski definition) is 7. The fraction of sp³-hybridized carbons (Fsp3) is 0.267. The molecule has 1 fully saturated rings. The van der Waals surface area contributed by atoms with Crippen LogP contribution in [0.5, 0.6) is 0 Å². The summed E-state index contributed by atoms with van der Waals surface area (Å²) in [6.45, 7) is 3.52. The van der Waals surface area contributed by atoms with Crippen molar-refractivity contribution in [2.24, 2.45) is 0 Å². The molecule has 8 heteroatoms. The van der Waals surface area contributed by atoms with Gasteiger partial charge in [0.1, 0.15) is 23.9 Å². The van der Waals surface area contributed by atoms with E-state index in [0.717, 1.165) is 43.3 Å². The van der Waals surface area contributed by atoms with Crippen LogP contribution < -0.4 is 9.80 Å². The number of aromatic nitrogens is 5. The highest BCUT2D eigenvalue weighted by molar-refractivity contribution is 5.50. The Labute approximate surface area is 132 Å². The van der Waals surface area contributed by atoms with Gasteiger partial charge in [0.25, 0.3) is 0 Å². The standard InChI is InChI=1S/C15H14N8/c16-9-12-1-2-13(10-17-12)21-5-7-22(8-6-21)15-4-3-14-19-18-11-23(14)20-15/h1-4,10-11H,5-8H2. The lowest BCUT2D eigenvalue weighted by molar-refractivity contribution is 0.641. The van der Waals surface area contributed by atoms with E-state index in [9.17, 15) is 0 Å². The molecule has 3 aromatic heterocycles. The Balaban J connectivity index is 1.46. The molecule has 1 saturated heterocycles. The highest BCUT2D eigenvalue weighted by atomic mass is 15.4. The Morgan fingerprint density at radius 3 is 2.57 bits per heavy atom. The van der Waals surface area contributed by atoms with Gasteiger partial charge in [0.05, 0.1) is 11.9 Å². The third kappa shape index (κ3) is 2.53. The maximum atomic E-state index is 8.81. The predicted octanol–water partition coefficient (Wildman–Crippen LogP) is 0.718. The zero-order valence-electron chi connectivity index (χ0n) is 12.4. The van der Waals surface area contributed by atoms with Crippen molar-refractivity contribution in [3.63, 3.8) is 0 Å².